The Balaban J connectivity index is 1.97. The number of halogens is 2. The SMILES string of the molecule is CCN(CC)S(=O)(=O)c1cc(Oc2c(Cl)cc(N3CC(=O)NC3=O)cc2Cl)ccc1OC. The minimum Gasteiger partial charge on any atom is -0.495 e. The topological polar surface area (TPSA) is 105 Å². The summed E-state index contributed by atoms with van der Waals surface area (Å²) < 4.78 is 38.4. The molecule has 1 aliphatic rings. The first-order valence-electron chi connectivity index (χ1n) is 9.58. The van der Waals surface area contributed by atoms with E-state index in [0.29, 0.717) is 18.8 Å². The molecule has 3 amide bonds. The van der Waals surface area contributed by atoms with Crippen LogP contribution in [0.4, 0.5) is 10.5 Å². The van der Waals surface area contributed by atoms with Crippen molar-refractivity contribution in [2.24, 2.45) is 0 Å². The molecule has 2 aromatic rings. The molecule has 172 valence electrons. The lowest BCUT2D eigenvalue weighted by Crippen LogP contribution is -2.30. The Morgan fingerprint density at radius 2 is 1.72 bits per heavy atom. The van der Waals surface area contributed by atoms with Crippen LogP contribution in [-0.4, -0.2) is 51.4 Å². The third-order valence-corrected chi connectivity index (χ3v) is 7.40. The van der Waals surface area contributed by atoms with E-state index in [1.165, 1.54) is 46.6 Å². The van der Waals surface area contributed by atoms with Crippen molar-refractivity contribution in [2.75, 3.05) is 31.6 Å². The number of hydrogen-bond donors (Lipinski definition) is 1. The van der Waals surface area contributed by atoms with Gasteiger partial charge in [-0.05, 0) is 24.3 Å². The highest BCUT2D eigenvalue weighted by atomic mass is 35.5. The van der Waals surface area contributed by atoms with Crippen LogP contribution in [0, 0.1) is 0 Å². The molecule has 12 heteroatoms. The number of nitrogens with zero attached hydrogens (tertiary/aromatic N) is 2. The molecule has 1 N–H and O–H groups in total. The van der Waals surface area contributed by atoms with Gasteiger partial charge >= 0.3 is 6.03 Å². The molecule has 0 unspecified atom stereocenters. The number of carbonyl (C=O) groups is 2. The van der Waals surface area contributed by atoms with Crippen LogP contribution in [0.2, 0.25) is 10.0 Å². The molecule has 32 heavy (non-hydrogen) atoms. The zero-order valence-electron chi connectivity index (χ0n) is 17.5. The van der Waals surface area contributed by atoms with Crippen LogP contribution >= 0.6 is 23.2 Å². The third-order valence-electron chi connectivity index (χ3n) is 4.77. The maximum Gasteiger partial charge on any atom is 0.329 e. The molecule has 2 aromatic carbocycles. The van der Waals surface area contributed by atoms with Crippen LogP contribution in [0.15, 0.2) is 35.2 Å². The van der Waals surface area contributed by atoms with E-state index < -0.39 is 22.0 Å². The summed E-state index contributed by atoms with van der Waals surface area (Å²) in [5.41, 5.74) is 0.315. The Hall–Kier alpha value is -2.53. The number of amides is 3. The van der Waals surface area contributed by atoms with Crippen LogP contribution in [0.5, 0.6) is 17.2 Å². The largest absolute Gasteiger partial charge is 0.495 e. The third kappa shape index (κ3) is 4.63. The lowest BCUT2D eigenvalue weighted by atomic mass is 10.2. The summed E-state index contributed by atoms with van der Waals surface area (Å²) in [4.78, 5) is 24.5. The van der Waals surface area contributed by atoms with Gasteiger partial charge in [0.2, 0.25) is 15.9 Å². The highest BCUT2D eigenvalue weighted by Gasteiger charge is 2.30. The first-order chi connectivity index (χ1) is 15.1. The van der Waals surface area contributed by atoms with Gasteiger partial charge in [0.1, 0.15) is 22.9 Å². The van der Waals surface area contributed by atoms with Gasteiger partial charge < -0.3 is 9.47 Å². The monoisotopic (exact) mass is 501 g/mol. The molecule has 0 bridgehead atoms. The predicted molar refractivity (Wildman–Crippen MR) is 121 cm³/mol. The summed E-state index contributed by atoms with van der Waals surface area (Å²) in [6.07, 6.45) is 0. The number of rotatable bonds is 8. The number of anilines is 1. The van der Waals surface area contributed by atoms with Gasteiger partial charge in [0.05, 0.1) is 17.2 Å². The van der Waals surface area contributed by atoms with Crippen LogP contribution in [0.25, 0.3) is 0 Å². The van der Waals surface area contributed by atoms with E-state index >= 15 is 0 Å². The number of carbonyl (C=O) groups excluding carboxylic acids is 2. The first-order valence-corrected chi connectivity index (χ1v) is 11.8. The molecule has 0 spiro atoms. The molecule has 0 aromatic heterocycles. The Kier molecular flexibility index (Phi) is 7.19. The van der Waals surface area contributed by atoms with Gasteiger partial charge in [-0.3, -0.25) is 15.0 Å². The highest BCUT2D eigenvalue weighted by Crippen LogP contribution is 2.41. The number of sulfonamides is 1. The number of imide groups is 1. The molecule has 1 saturated heterocycles. The number of urea groups is 1. The van der Waals surface area contributed by atoms with Crippen LogP contribution in [-0.2, 0) is 14.8 Å². The first kappa shape index (κ1) is 24.1. The highest BCUT2D eigenvalue weighted by molar-refractivity contribution is 7.89. The summed E-state index contributed by atoms with van der Waals surface area (Å²) in [7, 11) is -2.45. The van der Waals surface area contributed by atoms with Gasteiger partial charge in [-0.15, -0.1) is 0 Å². The number of hydrogen-bond acceptors (Lipinski definition) is 6. The van der Waals surface area contributed by atoms with Gasteiger partial charge in [0.15, 0.2) is 5.75 Å². The average Bonchev–Trinajstić information content (AvgIpc) is 3.09. The van der Waals surface area contributed by atoms with Crippen LogP contribution < -0.4 is 19.7 Å². The number of nitrogens with one attached hydrogen (secondary N) is 1. The lowest BCUT2D eigenvalue weighted by Gasteiger charge is -2.21. The van der Waals surface area contributed by atoms with Crippen LogP contribution in [0.3, 0.4) is 0 Å². The minimum absolute atomic E-state index is 0.0580. The Morgan fingerprint density at radius 3 is 2.22 bits per heavy atom. The zero-order valence-corrected chi connectivity index (χ0v) is 19.8. The number of benzene rings is 2. The van der Waals surface area contributed by atoms with Crippen molar-refractivity contribution < 1.29 is 27.5 Å². The van der Waals surface area contributed by atoms with Gasteiger partial charge in [0.25, 0.3) is 0 Å². The van der Waals surface area contributed by atoms with Gasteiger partial charge in [-0.2, -0.15) is 4.31 Å². The van der Waals surface area contributed by atoms with Crippen molar-refractivity contribution in [1.29, 1.82) is 0 Å². The average molecular weight is 502 g/mol. The fraction of sp³-hybridized carbons (Fsp3) is 0.300. The standard InChI is InChI=1S/C20H21Cl2N3O6S/c1-4-24(5-2)32(28,29)17-10-13(6-7-16(17)30-3)31-19-14(21)8-12(9-15(19)22)25-11-18(26)23-20(25)27/h6-10H,4-5,11H2,1-3H3,(H,23,26,27). The van der Waals surface area contributed by atoms with Crippen molar-refractivity contribution in [1.82, 2.24) is 9.62 Å². The summed E-state index contributed by atoms with van der Waals surface area (Å²) >= 11 is 12.7. The maximum absolute atomic E-state index is 13.0. The zero-order chi connectivity index (χ0) is 23.6. The summed E-state index contributed by atoms with van der Waals surface area (Å²) in [6, 6.07) is 6.60. The molecule has 1 heterocycles. The fourth-order valence-corrected chi connectivity index (χ4v) is 5.37. The molecule has 3 rings (SSSR count). The lowest BCUT2D eigenvalue weighted by molar-refractivity contribution is -0.117. The Bertz CT molecular complexity index is 1140. The van der Waals surface area contributed by atoms with E-state index in [1.807, 2.05) is 0 Å². The second-order valence-electron chi connectivity index (χ2n) is 6.68. The molecular weight excluding hydrogens is 481 g/mol. The van der Waals surface area contributed by atoms with E-state index in [4.69, 9.17) is 32.7 Å². The predicted octanol–water partition coefficient (Wildman–Crippen LogP) is 3.88. The van der Waals surface area contributed by atoms with Crippen LogP contribution in [0.1, 0.15) is 13.8 Å². The molecule has 1 aliphatic heterocycles. The van der Waals surface area contributed by atoms with Crippen molar-refractivity contribution in [2.45, 2.75) is 18.7 Å². The summed E-state index contributed by atoms with van der Waals surface area (Å²) in [6.45, 7) is 3.90. The quantitative estimate of drug-likeness (QED) is 0.550. The van der Waals surface area contributed by atoms with E-state index in [1.54, 1.807) is 13.8 Å². The van der Waals surface area contributed by atoms with Crippen molar-refractivity contribution in [3.05, 3.63) is 40.4 Å². The molecule has 1 fully saturated rings. The van der Waals surface area contributed by atoms with E-state index in [-0.39, 0.29) is 38.7 Å². The second-order valence-corrected chi connectivity index (χ2v) is 9.40. The molecule has 0 saturated carbocycles. The van der Waals surface area contributed by atoms with E-state index in [9.17, 15) is 18.0 Å². The summed E-state index contributed by atoms with van der Waals surface area (Å²) in [5.74, 6) is -0.0363. The summed E-state index contributed by atoms with van der Waals surface area (Å²) in [5, 5.41) is 2.31. The Morgan fingerprint density at radius 1 is 1.09 bits per heavy atom. The van der Waals surface area contributed by atoms with Gasteiger partial charge in [-0.25, -0.2) is 13.2 Å². The minimum atomic E-state index is -3.83. The number of ether oxygens (including phenoxy) is 2. The maximum atomic E-state index is 13.0. The molecular formula is C20H21Cl2N3O6S. The normalized spacial score (nSPS) is 14.1. The second kappa shape index (κ2) is 9.53. The van der Waals surface area contributed by atoms with Crippen molar-refractivity contribution in [3.63, 3.8) is 0 Å². The fourth-order valence-electron chi connectivity index (χ4n) is 3.19. The molecule has 0 atom stereocenters. The van der Waals surface area contributed by atoms with Gasteiger partial charge in [0, 0.05) is 24.8 Å². The molecule has 9 nitrogen and oxygen atoms in total. The molecule has 0 radical (unpaired) electrons. The molecule has 0 aliphatic carbocycles. The van der Waals surface area contributed by atoms with E-state index in [0.717, 1.165) is 0 Å². The van der Waals surface area contributed by atoms with Crippen molar-refractivity contribution >= 4 is 50.9 Å². The number of methoxy groups -OCH3 is 1. The van der Waals surface area contributed by atoms with Gasteiger partial charge in [-0.1, -0.05) is 37.0 Å². The smallest absolute Gasteiger partial charge is 0.329 e. The van der Waals surface area contributed by atoms with Crippen molar-refractivity contribution in [3.8, 4) is 17.2 Å². The van der Waals surface area contributed by atoms with E-state index in [2.05, 4.69) is 5.32 Å². The Labute approximate surface area is 195 Å².